The molecule has 0 unspecified atom stereocenters. The Labute approximate surface area is 119 Å². The van der Waals surface area contributed by atoms with Gasteiger partial charge in [0, 0.05) is 10.7 Å². The maximum absolute atomic E-state index is 12.3. The van der Waals surface area contributed by atoms with Gasteiger partial charge < -0.3 is 10.1 Å². The lowest BCUT2D eigenvalue weighted by atomic mass is 10.2. The standard InChI is InChI=1S/C14H10ClF2NO2/c15-9-4-3-5-10(8-9)18-13(19)11-6-1-2-7-12(11)20-14(16)17/h1-8,14H,(H,18,19). The number of nitrogens with one attached hydrogen (secondary N) is 1. The fraction of sp³-hybridized carbons (Fsp3) is 0.0714. The summed E-state index contributed by atoms with van der Waals surface area (Å²) in [6.07, 6.45) is 0. The van der Waals surface area contributed by atoms with Crippen molar-refractivity contribution in [2.75, 3.05) is 5.32 Å². The Hall–Kier alpha value is -2.14. The highest BCUT2D eigenvalue weighted by molar-refractivity contribution is 6.31. The Morgan fingerprint density at radius 3 is 2.60 bits per heavy atom. The lowest BCUT2D eigenvalue weighted by Gasteiger charge is -2.10. The van der Waals surface area contributed by atoms with Gasteiger partial charge in [0.2, 0.25) is 0 Å². The van der Waals surface area contributed by atoms with Crippen molar-refractivity contribution in [3.05, 3.63) is 59.1 Å². The number of halogens is 3. The summed E-state index contributed by atoms with van der Waals surface area (Å²) in [5.74, 6) is -0.731. The van der Waals surface area contributed by atoms with E-state index in [1.165, 1.54) is 18.2 Å². The Balaban J connectivity index is 2.21. The topological polar surface area (TPSA) is 38.3 Å². The Morgan fingerprint density at radius 1 is 1.15 bits per heavy atom. The molecule has 1 amide bonds. The molecule has 0 aliphatic rings. The Bertz CT molecular complexity index is 620. The predicted molar refractivity (Wildman–Crippen MR) is 72.5 cm³/mol. The van der Waals surface area contributed by atoms with Gasteiger partial charge in [-0.3, -0.25) is 4.79 Å². The van der Waals surface area contributed by atoms with Crippen LogP contribution in [0.15, 0.2) is 48.5 Å². The fourth-order valence-electron chi connectivity index (χ4n) is 1.62. The van der Waals surface area contributed by atoms with E-state index in [4.69, 9.17) is 11.6 Å². The fourth-order valence-corrected chi connectivity index (χ4v) is 1.81. The van der Waals surface area contributed by atoms with Crippen LogP contribution < -0.4 is 10.1 Å². The third-order valence-corrected chi connectivity index (χ3v) is 2.67. The van der Waals surface area contributed by atoms with Crippen LogP contribution in [0.1, 0.15) is 10.4 Å². The van der Waals surface area contributed by atoms with E-state index in [0.717, 1.165) is 0 Å². The third-order valence-electron chi connectivity index (χ3n) is 2.43. The third kappa shape index (κ3) is 3.68. The van der Waals surface area contributed by atoms with E-state index in [-0.39, 0.29) is 11.3 Å². The van der Waals surface area contributed by atoms with Gasteiger partial charge in [-0.1, -0.05) is 29.8 Å². The van der Waals surface area contributed by atoms with E-state index < -0.39 is 12.5 Å². The van der Waals surface area contributed by atoms with E-state index in [1.807, 2.05) is 0 Å². The molecule has 0 spiro atoms. The maximum atomic E-state index is 12.3. The van der Waals surface area contributed by atoms with Gasteiger partial charge in [0.05, 0.1) is 5.56 Å². The van der Waals surface area contributed by atoms with Gasteiger partial charge in [-0.2, -0.15) is 8.78 Å². The largest absolute Gasteiger partial charge is 0.434 e. The molecule has 0 aliphatic carbocycles. The minimum atomic E-state index is -2.99. The first-order valence-corrected chi connectivity index (χ1v) is 6.05. The molecule has 3 nitrogen and oxygen atoms in total. The number of anilines is 1. The van der Waals surface area contributed by atoms with Crippen LogP contribution in [-0.4, -0.2) is 12.5 Å². The van der Waals surface area contributed by atoms with E-state index in [0.29, 0.717) is 10.7 Å². The minimum Gasteiger partial charge on any atom is -0.434 e. The zero-order chi connectivity index (χ0) is 14.5. The molecule has 0 radical (unpaired) electrons. The zero-order valence-electron chi connectivity index (χ0n) is 10.1. The van der Waals surface area contributed by atoms with Gasteiger partial charge in [-0.25, -0.2) is 0 Å². The number of hydrogen-bond acceptors (Lipinski definition) is 2. The normalized spacial score (nSPS) is 10.4. The Morgan fingerprint density at radius 2 is 1.90 bits per heavy atom. The number of carbonyl (C=O) groups is 1. The highest BCUT2D eigenvalue weighted by atomic mass is 35.5. The Kier molecular flexibility index (Phi) is 4.53. The van der Waals surface area contributed by atoms with Crippen LogP contribution in [0, 0.1) is 0 Å². The van der Waals surface area contributed by atoms with Crippen molar-refractivity contribution in [2.45, 2.75) is 6.61 Å². The summed E-state index contributed by atoms with van der Waals surface area (Å²) in [6.45, 7) is -2.99. The van der Waals surface area contributed by atoms with Crippen molar-refractivity contribution in [3.63, 3.8) is 0 Å². The van der Waals surface area contributed by atoms with Crippen LogP contribution in [-0.2, 0) is 0 Å². The van der Waals surface area contributed by atoms with E-state index in [1.54, 1.807) is 30.3 Å². The predicted octanol–water partition coefficient (Wildman–Crippen LogP) is 4.19. The van der Waals surface area contributed by atoms with Gasteiger partial charge >= 0.3 is 6.61 Å². The first-order valence-electron chi connectivity index (χ1n) is 5.67. The number of ether oxygens (including phenoxy) is 1. The molecule has 20 heavy (non-hydrogen) atoms. The summed E-state index contributed by atoms with van der Waals surface area (Å²) in [5, 5.41) is 3.02. The van der Waals surface area contributed by atoms with E-state index in [2.05, 4.69) is 10.1 Å². The average molecular weight is 298 g/mol. The quantitative estimate of drug-likeness (QED) is 0.919. The number of amides is 1. The van der Waals surface area contributed by atoms with Crippen molar-refractivity contribution in [3.8, 4) is 5.75 Å². The molecule has 0 atom stereocenters. The highest BCUT2D eigenvalue weighted by Gasteiger charge is 2.15. The first-order chi connectivity index (χ1) is 9.56. The maximum Gasteiger partial charge on any atom is 0.387 e. The van der Waals surface area contributed by atoms with Crippen LogP contribution in [0.2, 0.25) is 5.02 Å². The molecule has 0 aromatic heterocycles. The highest BCUT2D eigenvalue weighted by Crippen LogP contribution is 2.22. The van der Waals surface area contributed by atoms with Crippen LogP contribution in [0.5, 0.6) is 5.75 Å². The summed E-state index contributed by atoms with van der Waals surface area (Å²) in [6, 6.07) is 12.3. The molecule has 1 N–H and O–H groups in total. The second-order valence-electron chi connectivity index (χ2n) is 3.84. The second kappa shape index (κ2) is 6.34. The molecular weight excluding hydrogens is 288 g/mol. The van der Waals surface area contributed by atoms with Crippen molar-refractivity contribution < 1.29 is 18.3 Å². The average Bonchev–Trinajstić information content (AvgIpc) is 2.38. The van der Waals surface area contributed by atoms with Gasteiger partial charge in [0.25, 0.3) is 5.91 Å². The number of benzene rings is 2. The molecule has 0 heterocycles. The molecule has 6 heteroatoms. The number of hydrogen-bond donors (Lipinski definition) is 1. The minimum absolute atomic E-state index is 0.0211. The van der Waals surface area contributed by atoms with Crippen LogP contribution >= 0.6 is 11.6 Å². The zero-order valence-corrected chi connectivity index (χ0v) is 10.9. The molecule has 104 valence electrons. The summed E-state index contributed by atoms with van der Waals surface area (Å²) in [5.41, 5.74) is 0.488. The van der Waals surface area contributed by atoms with E-state index >= 15 is 0 Å². The van der Waals surface area contributed by atoms with Gasteiger partial charge in [0.1, 0.15) is 5.75 Å². The first kappa shape index (κ1) is 14.3. The number of para-hydroxylation sites is 1. The smallest absolute Gasteiger partial charge is 0.387 e. The number of carbonyl (C=O) groups excluding carboxylic acids is 1. The lowest BCUT2D eigenvalue weighted by molar-refractivity contribution is -0.0501. The molecule has 2 aromatic rings. The van der Waals surface area contributed by atoms with Crippen LogP contribution in [0.4, 0.5) is 14.5 Å². The van der Waals surface area contributed by atoms with Crippen molar-refractivity contribution >= 4 is 23.2 Å². The summed E-state index contributed by atoms with van der Waals surface area (Å²) >= 11 is 5.80. The van der Waals surface area contributed by atoms with Gasteiger partial charge in [-0.15, -0.1) is 0 Å². The second-order valence-corrected chi connectivity index (χ2v) is 4.28. The van der Waals surface area contributed by atoms with Crippen molar-refractivity contribution in [2.24, 2.45) is 0 Å². The molecule has 2 aromatic carbocycles. The molecule has 0 bridgehead atoms. The monoisotopic (exact) mass is 297 g/mol. The molecule has 0 saturated heterocycles. The van der Waals surface area contributed by atoms with Gasteiger partial charge in [0.15, 0.2) is 0 Å². The van der Waals surface area contributed by atoms with Crippen LogP contribution in [0.3, 0.4) is 0 Å². The number of alkyl halides is 2. The molecule has 0 saturated carbocycles. The summed E-state index contributed by atoms with van der Waals surface area (Å²) in [4.78, 5) is 12.0. The molecule has 0 aliphatic heterocycles. The lowest BCUT2D eigenvalue weighted by Crippen LogP contribution is -2.14. The van der Waals surface area contributed by atoms with Crippen LogP contribution in [0.25, 0.3) is 0 Å². The molecule has 2 rings (SSSR count). The van der Waals surface area contributed by atoms with Gasteiger partial charge in [-0.05, 0) is 30.3 Å². The summed E-state index contributed by atoms with van der Waals surface area (Å²) in [7, 11) is 0. The molecule has 0 fully saturated rings. The SMILES string of the molecule is O=C(Nc1cccc(Cl)c1)c1ccccc1OC(F)F. The molecular formula is C14H10ClF2NO2. The number of rotatable bonds is 4. The van der Waals surface area contributed by atoms with Crippen molar-refractivity contribution in [1.82, 2.24) is 0 Å². The summed E-state index contributed by atoms with van der Waals surface area (Å²) < 4.78 is 28.9. The van der Waals surface area contributed by atoms with E-state index in [9.17, 15) is 13.6 Å². The van der Waals surface area contributed by atoms with Crippen molar-refractivity contribution in [1.29, 1.82) is 0 Å².